The summed E-state index contributed by atoms with van der Waals surface area (Å²) in [5.41, 5.74) is 7.02. The normalized spacial score (nSPS) is 18.1. The Bertz CT molecular complexity index is 623. The average Bonchev–Trinajstić information content (AvgIpc) is 2.82. The fourth-order valence-electron chi connectivity index (χ4n) is 2.08. The molecule has 0 saturated carbocycles. The highest BCUT2D eigenvalue weighted by molar-refractivity contribution is 6.30. The van der Waals surface area contributed by atoms with Crippen LogP contribution < -0.4 is 5.73 Å². The van der Waals surface area contributed by atoms with E-state index >= 15 is 0 Å². The van der Waals surface area contributed by atoms with Crippen LogP contribution in [0.1, 0.15) is 27.8 Å². The number of aromatic nitrogens is 3. The first-order valence-electron chi connectivity index (χ1n) is 5.74. The first-order chi connectivity index (χ1) is 9.15. The highest BCUT2D eigenvalue weighted by Crippen LogP contribution is 2.27. The Morgan fingerprint density at radius 1 is 1.42 bits per heavy atom. The van der Waals surface area contributed by atoms with Gasteiger partial charge in [-0.3, -0.25) is 4.79 Å². The van der Waals surface area contributed by atoms with Crippen LogP contribution in [0.4, 0.5) is 0 Å². The number of benzene rings is 1. The number of fused-ring (bicyclic) bond motifs is 1. The molecule has 2 aromatic rings. The molecule has 2 N–H and O–H groups in total. The molecule has 3 rings (SSSR count). The van der Waals surface area contributed by atoms with Gasteiger partial charge in [0, 0.05) is 5.02 Å². The summed E-state index contributed by atoms with van der Waals surface area (Å²) < 4.78 is 7.38. The van der Waals surface area contributed by atoms with Gasteiger partial charge in [0.05, 0.1) is 18.8 Å². The number of carbonyl (C=O) groups is 1. The molecule has 7 heteroatoms. The maximum absolute atomic E-state index is 11.2. The number of ether oxygens (including phenoxy) is 1. The number of rotatable bonds is 2. The molecule has 19 heavy (non-hydrogen) atoms. The quantitative estimate of drug-likeness (QED) is 0.897. The number of nitrogens with two attached hydrogens (primary N) is 1. The molecule has 6 nitrogen and oxygen atoms in total. The zero-order valence-electron chi connectivity index (χ0n) is 9.91. The number of halogens is 1. The van der Waals surface area contributed by atoms with Gasteiger partial charge in [0.1, 0.15) is 6.10 Å². The van der Waals surface area contributed by atoms with Crippen LogP contribution >= 0.6 is 11.6 Å². The Morgan fingerprint density at radius 3 is 2.84 bits per heavy atom. The van der Waals surface area contributed by atoms with Gasteiger partial charge in [-0.15, -0.1) is 5.10 Å². The van der Waals surface area contributed by atoms with Crippen LogP contribution in [0.5, 0.6) is 0 Å². The molecule has 1 atom stereocenters. The second-order valence-corrected chi connectivity index (χ2v) is 4.72. The van der Waals surface area contributed by atoms with Crippen molar-refractivity contribution in [3.63, 3.8) is 0 Å². The van der Waals surface area contributed by atoms with Crippen molar-refractivity contribution in [1.82, 2.24) is 15.0 Å². The van der Waals surface area contributed by atoms with E-state index < -0.39 is 5.91 Å². The van der Waals surface area contributed by atoms with Crippen molar-refractivity contribution in [2.45, 2.75) is 19.3 Å². The maximum Gasteiger partial charge on any atom is 0.271 e. The minimum Gasteiger partial charge on any atom is -0.365 e. The molecular weight excluding hydrogens is 268 g/mol. The van der Waals surface area contributed by atoms with Gasteiger partial charge in [-0.2, -0.15) is 0 Å². The standard InChI is InChI=1S/C12H11ClN4O2/c13-8-3-1-7(2-4-8)10-5-17-9(6-19-10)11(12(14)18)15-16-17/h1-4,10H,5-6H2,(H2,14,18). The molecule has 1 amide bonds. The van der Waals surface area contributed by atoms with Gasteiger partial charge in [-0.1, -0.05) is 28.9 Å². The van der Waals surface area contributed by atoms with E-state index in [2.05, 4.69) is 10.3 Å². The minimum absolute atomic E-state index is 0.132. The topological polar surface area (TPSA) is 83.0 Å². The molecule has 0 fully saturated rings. The fraction of sp³-hybridized carbons (Fsp3) is 0.250. The molecule has 1 aromatic carbocycles. The van der Waals surface area contributed by atoms with Crippen molar-refractivity contribution in [3.05, 3.63) is 46.2 Å². The van der Waals surface area contributed by atoms with Crippen LogP contribution in [0.25, 0.3) is 0 Å². The smallest absolute Gasteiger partial charge is 0.271 e. The molecule has 0 bridgehead atoms. The molecule has 1 unspecified atom stereocenters. The molecular formula is C12H11ClN4O2. The van der Waals surface area contributed by atoms with Gasteiger partial charge in [-0.05, 0) is 17.7 Å². The highest BCUT2D eigenvalue weighted by Gasteiger charge is 2.26. The summed E-state index contributed by atoms with van der Waals surface area (Å²) in [5, 5.41) is 8.39. The van der Waals surface area contributed by atoms with Crippen molar-refractivity contribution < 1.29 is 9.53 Å². The number of carbonyl (C=O) groups excluding carboxylic acids is 1. The van der Waals surface area contributed by atoms with Crippen molar-refractivity contribution >= 4 is 17.5 Å². The third kappa shape index (κ3) is 2.20. The van der Waals surface area contributed by atoms with Gasteiger partial charge in [0.15, 0.2) is 5.69 Å². The van der Waals surface area contributed by atoms with Gasteiger partial charge < -0.3 is 10.5 Å². The van der Waals surface area contributed by atoms with Crippen LogP contribution in [0.15, 0.2) is 24.3 Å². The van der Waals surface area contributed by atoms with Crippen LogP contribution in [-0.2, 0) is 17.9 Å². The lowest BCUT2D eigenvalue weighted by Gasteiger charge is -2.24. The molecule has 0 radical (unpaired) electrons. The molecule has 0 aliphatic carbocycles. The SMILES string of the molecule is NC(=O)c1nnn2c1COC(c1ccc(Cl)cc1)C2. The van der Waals surface area contributed by atoms with Crippen molar-refractivity contribution in [1.29, 1.82) is 0 Å². The zero-order valence-corrected chi connectivity index (χ0v) is 10.7. The molecule has 0 spiro atoms. The van der Waals surface area contributed by atoms with Crippen LogP contribution in [-0.4, -0.2) is 20.9 Å². The Morgan fingerprint density at radius 2 is 2.16 bits per heavy atom. The maximum atomic E-state index is 11.2. The van der Waals surface area contributed by atoms with Gasteiger partial charge in [-0.25, -0.2) is 4.68 Å². The van der Waals surface area contributed by atoms with Gasteiger partial charge >= 0.3 is 0 Å². The predicted octanol–water partition coefficient (Wildman–Crippen LogP) is 1.30. The summed E-state index contributed by atoms with van der Waals surface area (Å²) in [6.07, 6.45) is -0.132. The summed E-state index contributed by atoms with van der Waals surface area (Å²) in [6.45, 7) is 0.760. The summed E-state index contributed by atoms with van der Waals surface area (Å²) >= 11 is 5.85. The Hall–Kier alpha value is -1.92. The first kappa shape index (κ1) is 12.1. The van der Waals surface area contributed by atoms with Crippen LogP contribution in [0.2, 0.25) is 5.02 Å². The third-order valence-electron chi connectivity index (χ3n) is 3.07. The van der Waals surface area contributed by atoms with Crippen LogP contribution in [0.3, 0.4) is 0 Å². The lowest BCUT2D eigenvalue weighted by molar-refractivity contribution is -0.00173. The number of hydrogen-bond acceptors (Lipinski definition) is 4. The number of nitrogens with zero attached hydrogens (tertiary/aromatic N) is 3. The van der Waals surface area contributed by atoms with E-state index in [-0.39, 0.29) is 18.4 Å². The molecule has 2 heterocycles. The summed E-state index contributed by atoms with van der Waals surface area (Å²) in [5.74, 6) is -0.588. The summed E-state index contributed by atoms with van der Waals surface area (Å²) in [4.78, 5) is 11.2. The van der Waals surface area contributed by atoms with Gasteiger partial charge in [0.25, 0.3) is 5.91 Å². The van der Waals surface area contributed by atoms with E-state index in [0.29, 0.717) is 17.3 Å². The molecule has 1 aliphatic rings. The van der Waals surface area contributed by atoms with Crippen LogP contribution in [0, 0.1) is 0 Å². The highest BCUT2D eigenvalue weighted by atomic mass is 35.5. The number of hydrogen-bond donors (Lipinski definition) is 1. The van der Waals surface area contributed by atoms with E-state index in [4.69, 9.17) is 22.1 Å². The number of amides is 1. The summed E-state index contributed by atoms with van der Waals surface area (Å²) in [7, 11) is 0. The summed E-state index contributed by atoms with van der Waals surface area (Å²) in [6, 6.07) is 7.44. The molecule has 1 aromatic heterocycles. The van der Waals surface area contributed by atoms with Gasteiger partial charge in [0.2, 0.25) is 0 Å². The molecule has 98 valence electrons. The largest absolute Gasteiger partial charge is 0.365 e. The van der Waals surface area contributed by atoms with Crippen molar-refractivity contribution in [2.24, 2.45) is 5.73 Å². The van der Waals surface area contributed by atoms with Crippen molar-refractivity contribution in [2.75, 3.05) is 0 Å². The van der Waals surface area contributed by atoms with E-state index in [0.717, 1.165) is 5.56 Å². The van der Waals surface area contributed by atoms with Crippen molar-refractivity contribution in [3.8, 4) is 0 Å². The predicted molar refractivity (Wildman–Crippen MR) is 67.5 cm³/mol. The molecule has 1 aliphatic heterocycles. The lowest BCUT2D eigenvalue weighted by Crippen LogP contribution is -2.24. The first-order valence-corrected chi connectivity index (χ1v) is 6.12. The Labute approximate surface area is 114 Å². The fourth-order valence-corrected chi connectivity index (χ4v) is 2.21. The lowest BCUT2D eigenvalue weighted by atomic mass is 10.1. The Balaban J connectivity index is 1.86. The average molecular weight is 279 g/mol. The molecule has 0 saturated heterocycles. The van der Waals surface area contributed by atoms with E-state index in [1.54, 1.807) is 4.68 Å². The monoisotopic (exact) mass is 278 g/mol. The van der Waals surface area contributed by atoms with E-state index in [1.165, 1.54) is 0 Å². The third-order valence-corrected chi connectivity index (χ3v) is 3.32. The number of primary amides is 1. The minimum atomic E-state index is -0.588. The van der Waals surface area contributed by atoms with E-state index in [9.17, 15) is 4.79 Å². The Kier molecular flexibility index (Phi) is 2.96. The second-order valence-electron chi connectivity index (χ2n) is 4.28. The van der Waals surface area contributed by atoms with E-state index in [1.807, 2.05) is 24.3 Å². The second kappa shape index (κ2) is 4.64. The zero-order chi connectivity index (χ0) is 13.4.